The molecule has 6 heteroatoms. The van der Waals surface area contributed by atoms with E-state index in [0.29, 0.717) is 13.1 Å². The van der Waals surface area contributed by atoms with Crippen molar-refractivity contribution >= 4 is 5.91 Å². The molecule has 1 N–H and O–H groups in total. The minimum atomic E-state index is -4.48. The van der Waals surface area contributed by atoms with Crippen LogP contribution >= 0.6 is 0 Å². The van der Waals surface area contributed by atoms with E-state index in [4.69, 9.17) is 0 Å². The second-order valence-corrected chi connectivity index (χ2v) is 7.55. The van der Waals surface area contributed by atoms with Crippen LogP contribution in [0.15, 0.2) is 54.6 Å². The van der Waals surface area contributed by atoms with Crippen LogP contribution in [-0.2, 0) is 12.6 Å². The van der Waals surface area contributed by atoms with Gasteiger partial charge in [-0.05, 0) is 49.4 Å². The number of aliphatic hydroxyl groups excluding tert-OH is 1. The third-order valence-corrected chi connectivity index (χ3v) is 5.51. The van der Waals surface area contributed by atoms with Crippen LogP contribution in [0.3, 0.4) is 0 Å². The van der Waals surface area contributed by atoms with Crippen molar-refractivity contribution in [1.82, 2.24) is 4.90 Å². The third kappa shape index (κ3) is 4.73. The summed E-state index contributed by atoms with van der Waals surface area (Å²) in [5, 5.41) is 10.1. The highest BCUT2D eigenvalue weighted by Gasteiger charge is 2.37. The maximum Gasteiger partial charge on any atom is 0.416 e. The number of aliphatic hydroxyl groups is 1. The highest BCUT2D eigenvalue weighted by Crippen LogP contribution is 2.35. The van der Waals surface area contributed by atoms with E-state index in [0.717, 1.165) is 43.4 Å². The van der Waals surface area contributed by atoms with Crippen LogP contribution in [0.4, 0.5) is 13.2 Å². The minimum Gasteiger partial charge on any atom is -0.396 e. The molecule has 1 unspecified atom stereocenters. The molecule has 1 aliphatic rings. The molecule has 1 fully saturated rings. The van der Waals surface area contributed by atoms with Crippen LogP contribution in [0.1, 0.15) is 40.7 Å². The van der Waals surface area contributed by atoms with Crippen molar-refractivity contribution in [3.8, 4) is 0 Å². The molecule has 1 saturated heterocycles. The largest absolute Gasteiger partial charge is 0.416 e. The third-order valence-electron chi connectivity index (χ3n) is 5.51. The lowest BCUT2D eigenvalue weighted by atomic mass is 9.76. The number of carbonyl (C=O) groups is 1. The number of piperidine rings is 1. The molecule has 0 spiro atoms. The second kappa shape index (κ2) is 8.35. The number of nitrogens with zero attached hydrogens (tertiary/aromatic N) is 1. The topological polar surface area (TPSA) is 40.5 Å². The van der Waals surface area contributed by atoms with E-state index in [2.05, 4.69) is 0 Å². The molecular formula is C22H24F3NO2. The fourth-order valence-electron chi connectivity index (χ4n) is 3.86. The summed E-state index contributed by atoms with van der Waals surface area (Å²) in [6.45, 7) is 0.791. The Morgan fingerprint density at radius 1 is 1.11 bits per heavy atom. The molecular weight excluding hydrogens is 367 g/mol. The molecule has 0 aromatic heterocycles. The van der Waals surface area contributed by atoms with Gasteiger partial charge >= 0.3 is 6.18 Å². The van der Waals surface area contributed by atoms with Gasteiger partial charge in [-0.1, -0.05) is 36.4 Å². The smallest absolute Gasteiger partial charge is 0.396 e. The summed E-state index contributed by atoms with van der Waals surface area (Å²) in [5.74, 6) is -0.414. The Hall–Kier alpha value is -2.34. The first-order chi connectivity index (χ1) is 13.3. The molecule has 2 aromatic rings. The molecule has 2 aromatic carbocycles. The van der Waals surface area contributed by atoms with E-state index in [1.807, 2.05) is 30.3 Å². The highest BCUT2D eigenvalue weighted by atomic mass is 19.4. The number of hydrogen-bond acceptors (Lipinski definition) is 2. The predicted octanol–water partition coefficient (Wildman–Crippen LogP) is 4.55. The number of aryl methyl sites for hydroxylation is 1. The summed E-state index contributed by atoms with van der Waals surface area (Å²) in [5.41, 5.74) is -0.0538. The first-order valence-electron chi connectivity index (χ1n) is 9.44. The summed E-state index contributed by atoms with van der Waals surface area (Å²) in [6, 6.07) is 14.5. The number of halogens is 3. The summed E-state index contributed by atoms with van der Waals surface area (Å²) in [4.78, 5) is 14.4. The average molecular weight is 391 g/mol. The zero-order valence-electron chi connectivity index (χ0n) is 15.6. The fraction of sp³-hybridized carbons (Fsp3) is 0.409. The van der Waals surface area contributed by atoms with Crippen LogP contribution in [0, 0.1) is 5.41 Å². The molecule has 150 valence electrons. The number of alkyl halides is 3. The SMILES string of the molecule is O=C(c1cccc(C(F)(F)F)c1)N1CCCC(CO)(CCc2ccccc2)C1. The standard InChI is InChI=1S/C22H24F3NO2/c23-22(24,25)19-9-4-8-18(14-19)20(28)26-13-5-11-21(15-26,16-27)12-10-17-6-2-1-3-7-17/h1-4,6-9,14,27H,5,10-13,15-16H2. The molecule has 0 radical (unpaired) electrons. The van der Waals surface area contributed by atoms with Crippen molar-refractivity contribution in [2.24, 2.45) is 5.41 Å². The van der Waals surface area contributed by atoms with Crippen molar-refractivity contribution in [2.75, 3.05) is 19.7 Å². The van der Waals surface area contributed by atoms with Crippen LogP contribution in [-0.4, -0.2) is 35.6 Å². The van der Waals surface area contributed by atoms with Gasteiger partial charge in [-0.3, -0.25) is 4.79 Å². The van der Waals surface area contributed by atoms with E-state index in [-0.39, 0.29) is 12.2 Å². The molecule has 0 bridgehead atoms. The number of benzene rings is 2. The molecule has 1 amide bonds. The Morgan fingerprint density at radius 3 is 2.54 bits per heavy atom. The summed E-state index contributed by atoms with van der Waals surface area (Å²) in [7, 11) is 0. The lowest BCUT2D eigenvalue weighted by molar-refractivity contribution is -0.137. The maximum absolute atomic E-state index is 13.0. The van der Waals surface area contributed by atoms with Crippen molar-refractivity contribution in [2.45, 2.75) is 31.9 Å². The van der Waals surface area contributed by atoms with Crippen molar-refractivity contribution in [3.05, 3.63) is 71.3 Å². The van der Waals surface area contributed by atoms with Crippen molar-refractivity contribution < 1.29 is 23.1 Å². The maximum atomic E-state index is 13.0. The Bertz CT molecular complexity index is 807. The normalized spacial score (nSPS) is 20.2. The number of rotatable bonds is 5. The molecule has 3 nitrogen and oxygen atoms in total. The van der Waals surface area contributed by atoms with Gasteiger partial charge in [-0.15, -0.1) is 0 Å². The Kier molecular flexibility index (Phi) is 6.08. The first-order valence-corrected chi connectivity index (χ1v) is 9.44. The van der Waals surface area contributed by atoms with Gasteiger partial charge in [0.1, 0.15) is 0 Å². The quantitative estimate of drug-likeness (QED) is 0.812. The van der Waals surface area contributed by atoms with Crippen molar-refractivity contribution in [1.29, 1.82) is 0 Å². The van der Waals surface area contributed by atoms with Gasteiger partial charge in [-0.25, -0.2) is 0 Å². The van der Waals surface area contributed by atoms with E-state index in [1.165, 1.54) is 12.1 Å². The molecule has 3 rings (SSSR count). The van der Waals surface area contributed by atoms with Gasteiger partial charge in [0, 0.05) is 24.1 Å². The molecule has 0 aliphatic carbocycles. The average Bonchev–Trinajstić information content (AvgIpc) is 2.72. The minimum absolute atomic E-state index is 0.0339. The fourth-order valence-corrected chi connectivity index (χ4v) is 3.86. The van der Waals surface area contributed by atoms with Gasteiger partial charge < -0.3 is 10.0 Å². The lowest BCUT2D eigenvalue weighted by Gasteiger charge is -2.42. The number of likely N-dealkylation sites (tertiary alicyclic amines) is 1. The van der Waals surface area contributed by atoms with Crippen LogP contribution in [0.25, 0.3) is 0 Å². The highest BCUT2D eigenvalue weighted by molar-refractivity contribution is 5.94. The van der Waals surface area contributed by atoms with Gasteiger partial charge in [-0.2, -0.15) is 13.2 Å². The van der Waals surface area contributed by atoms with Crippen LogP contribution < -0.4 is 0 Å². The first kappa shape index (κ1) is 20.4. The van der Waals surface area contributed by atoms with Crippen molar-refractivity contribution in [3.63, 3.8) is 0 Å². The van der Waals surface area contributed by atoms with Gasteiger partial charge in [0.2, 0.25) is 0 Å². The summed E-state index contributed by atoms with van der Waals surface area (Å²) in [6.07, 6.45) is -1.46. The molecule has 1 aliphatic heterocycles. The molecule has 1 heterocycles. The monoisotopic (exact) mass is 391 g/mol. The van der Waals surface area contributed by atoms with E-state index in [1.54, 1.807) is 4.90 Å². The van der Waals surface area contributed by atoms with E-state index in [9.17, 15) is 23.1 Å². The Labute approximate surface area is 162 Å². The molecule has 0 saturated carbocycles. The summed E-state index contributed by atoms with van der Waals surface area (Å²) >= 11 is 0. The number of amides is 1. The molecule has 28 heavy (non-hydrogen) atoms. The Balaban J connectivity index is 1.73. The predicted molar refractivity (Wildman–Crippen MR) is 101 cm³/mol. The van der Waals surface area contributed by atoms with Crippen LogP contribution in [0.5, 0.6) is 0 Å². The zero-order valence-corrected chi connectivity index (χ0v) is 15.6. The number of hydrogen-bond donors (Lipinski definition) is 1. The van der Waals surface area contributed by atoms with Gasteiger partial charge in [0.25, 0.3) is 5.91 Å². The van der Waals surface area contributed by atoms with Gasteiger partial charge in [0.05, 0.1) is 12.2 Å². The van der Waals surface area contributed by atoms with E-state index >= 15 is 0 Å². The lowest BCUT2D eigenvalue weighted by Crippen LogP contribution is -2.48. The summed E-state index contributed by atoms with van der Waals surface area (Å²) < 4.78 is 38.9. The zero-order chi connectivity index (χ0) is 20.2. The Morgan fingerprint density at radius 2 is 1.86 bits per heavy atom. The van der Waals surface area contributed by atoms with E-state index < -0.39 is 23.1 Å². The number of carbonyl (C=O) groups excluding carboxylic acids is 1. The molecule has 1 atom stereocenters. The second-order valence-electron chi connectivity index (χ2n) is 7.55. The van der Waals surface area contributed by atoms with Gasteiger partial charge in [0.15, 0.2) is 0 Å². The van der Waals surface area contributed by atoms with Crippen LogP contribution in [0.2, 0.25) is 0 Å².